The Labute approximate surface area is 368 Å². The van der Waals surface area contributed by atoms with Gasteiger partial charge in [-0.2, -0.15) is 6.08 Å². The van der Waals surface area contributed by atoms with Crippen LogP contribution in [0, 0.1) is 56.3 Å². The number of halogens is 8. The van der Waals surface area contributed by atoms with Gasteiger partial charge in [0.05, 0.1) is 0 Å². The van der Waals surface area contributed by atoms with Crippen LogP contribution in [0.2, 0.25) is 0 Å². The second kappa shape index (κ2) is 16.3. The second-order valence-electron chi connectivity index (χ2n) is 17.2. The predicted octanol–water partition coefficient (Wildman–Crippen LogP) is 7.80. The zero-order valence-electron chi connectivity index (χ0n) is 34.1. The Morgan fingerprint density at radius 2 is 1.07 bits per heavy atom. The van der Waals surface area contributed by atoms with Gasteiger partial charge >= 0.3 is 137 Å². The van der Waals surface area contributed by atoms with E-state index >= 15 is 0 Å². The number of alkyl halides is 6. The van der Waals surface area contributed by atoms with Crippen molar-refractivity contribution in [2.24, 2.45) is 43.8 Å². The summed E-state index contributed by atoms with van der Waals surface area (Å²) >= 11 is 0.898. The Balaban J connectivity index is 0.000000228. The summed E-state index contributed by atoms with van der Waals surface area (Å²) in [6.45, 7) is 20.3. The number of hydrogen-bond acceptors (Lipinski definition) is 0. The molecular formula is C49H50Cl2F6Zr-2. The van der Waals surface area contributed by atoms with E-state index in [4.69, 9.17) is 0 Å². The van der Waals surface area contributed by atoms with Gasteiger partial charge in [-0.1, -0.05) is 115 Å². The van der Waals surface area contributed by atoms with Crippen LogP contribution in [0.25, 0.3) is 0 Å². The summed E-state index contributed by atoms with van der Waals surface area (Å²) < 4.78 is 75.6. The van der Waals surface area contributed by atoms with E-state index in [0.717, 1.165) is 54.9 Å². The summed E-state index contributed by atoms with van der Waals surface area (Å²) in [5.74, 6) is 0.460. The summed E-state index contributed by atoms with van der Waals surface area (Å²) in [4.78, 5) is 0. The third-order valence-electron chi connectivity index (χ3n) is 15.6. The molecule has 58 heavy (non-hydrogen) atoms. The first-order valence-corrected chi connectivity index (χ1v) is 20.3. The number of allylic oxidation sites excluding steroid dienone is 16. The molecule has 0 aromatic heterocycles. The Morgan fingerprint density at radius 3 is 1.47 bits per heavy atom. The van der Waals surface area contributed by atoms with Gasteiger partial charge in [-0.25, -0.2) is 12.2 Å². The fourth-order valence-corrected chi connectivity index (χ4v) is 12.2. The number of hydrogen-bond donors (Lipinski definition) is 0. The molecule has 0 nitrogen and oxygen atoms in total. The maximum Gasteiger partial charge on any atom is -0.109 e. The molecular weight excluding hydrogens is 865 g/mol. The average molecular weight is 915 g/mol. The van der Waals surface area contributed by atoms with Crippen LogP contribution >= 0.6 is 0 Å². The Kier molecular flexibility index (Phi) is 13.5. The molecule has 9 heteroatoms. The molecule has 8 unspecified atom stereocenters. The zero-order valence-corrected chi connectivity index (χ0v) is 38.1. The van der Waals surface area contributed by atoms with Gasteiger partial charge < -0.3 is 31.2 Å². The van der Waals surface area contributed by atoms with E-state index in [0.29, 0.717) is 20.3 Å². The molecule has 8 atom stereocenters. The predicted molar refractivity (Wildman–Crippen MR) is 212 cm³/mol. The van der Waals surface area contributed by atoms with Crippen molar-refractivity contribution in [3.05, 3.63) is 174 Å². The van der Waals surface area contributed by atoms with Crippen LogP contribution in [0.1, 0.15) is 84.1 Å². The Hall–Kier alpha value is -2.73. The smallest absolute Gasteiger partial charge is 0.109 e. The van der Waals surface area contributed by atoms with Crippen molar-refractivity contribution in [2.75, 3.05) is 0 Å². The van der Waals surface area contributed by atoms with E-state index in [1.165, 1.54) is 29.8 Å². The fourth-order valence-electron chi connectivity index (χ4n) is 11.4. The van der Waals surface area contributed by atoms with Crippen molar-refractivity contribution < 1.29 is 75.4 Å². The number of rotatable bonds is 2. The van der Waals surface area contributed by atoms with E-state index in [1.54, 1.807) is 0 Å². The quantitative estimate of drug-likeness (QED) is 0.213. The topological polar surface area (TPSA) is 0 Å². The van der Waals surface area contributed by atoms with Crippen molar-refractivity contribution in [2.45, 2.75) is 74.2 Å². The monoisotopic (exact) mass is 912 g/mol. The van der Waals surface area contributed by atoms with Gasteiger partial charge in [-0.3, -0.25) is 6.08 Å². The first kappa shape index (κ1) is 47.9. The molecule has 0 radical (unpaired) electrons. The van der Waals surface area contributed by atoms with Crippen molar-refractivity contribution in [1.82, 2.24) is 0 Å². The SMILES string of the molecule is CC1=CC=CC2[CH-]C3(C)C4(C)C=CC=CC4(C)C4(C)C=CC=CC4(C)C3(C)C12C.FC(F)(F)c1ccc([C](=[Zr+2])c2ccc(C(F)(F)F)cc2)cc1.[C-]1=CC=CC1.[Cl-].[Cl-]. The maximum absolute atomic E-state index is 12.5. The van der Waals surface area contributed by atoms with Gasteiger partial charge in [0.15, 0.2) is 0 Å². The van der Waals surface area contributed by atoms with Crippen LogP contribution in [0.4, 0.5) is 26.3 Å². The van der Waals surface area contributed by atoms with E-state index in [9.17, 15) is 26.3 Å². The van der Waals surface area contributed by atoms with Crippen molar-refractivity contribution in [3.63, 3.8) is 0 Å². The molecule has 2 aromatic carbocycles. The van der Waals surface area contributed by atoms with Crippen molar-refractivity contribution in [1.29, 1.82) is 0 Å². The van der Waals surface area contributed by atoms with Crippen LogP contribution in [0.5, 0.6) is 0 Å². The summed E-state index contributed by atoms with van der Waals surface area (Å²) in [6, 6.07) is 9.14. The molecule has 0 spiro atoms. The molecule has 2 aromatic rings. The van der Waals surface area contributed by atoms with Crippen LogP contribution in [0.15, 0.2) is 139 Å². The van der Waals surface area contributed by atoms with E-state index in [1.807, 2.05) is 12.2 Å². The summed E-state index contributed by atoms with van der Waals surface area (Å²) in [5, 5.41) is 0. The first-order chi connectivity index (χ1) is 26.0. The van der Waals surface area contributed by atoms with Gasteiger partial charge in [0, 0.05) is 10.8 Å². The van der Waals surface area contributed by atoms with E-state index in [-0.39, 0.29) is 62.7 Å². The standard InChI is InChI=1S/C29H37.C15H8F6.C5H5.2ClH.Zr/c1-21-14-13-15-22-20-27(6)25(4)18-10-9-16-23(25,2)24(3)17-11-12-19-26(24,5)29(27,8)28(21,22)7;16-14(17,18)12-5-1-10(2-6-12)9-11-3-7-13(8-4-11)15(19,20)21;1-2-4-5-3-1;;;/h9-20,22H,1-8H3;1-8H;1-3H,4H2;2*1H;/q-1;;-1;;;+2/p-2. The molecule has 6 aliphatic carbocycles. The molecule has 0 aliphatic heterocycles. The first-order valence-electron chi connectivity index (χ1n) is 19.1. The molecule has 0 saturated heterocycles. The molecule has 308 valence electrons. The average Bonchev–Trinajstić information content (AvgIpc) is 3.80. The minimum atomic E-state index is -4.41. The van der Waals surface area contributed by atoms with E-state index in [2.05, 4.69) is 141 Å². The zero-order chi connectivity index (χ0) is 41.2. The normalized spacial score (nSPS) is 35.7. The van der Waals surface area contributed by atoms with E-state index < -0.39 is 23.5 Å². The molecule has 0 bridgehead atoms. The molecule has 8 rings (SSSR count). The third-order valence-corrected chi connectivity index (χ3v) is 17.0. The van der Waals surface area contributed by atoms with Gasteiger partial charge in [-0.05, 0) is 28.6 Å². The Morgan fingerprint density at radius 1 is 0.638 bits per heavy atom. The third kappa shape index (κ3) is 6.80. The van der Waals surface area contributed by atoms with Crippen LogP contribution in [0.3, 0.4) is 0 Å². The van der Waals surface area contributed by atoms with Crippen molar-refractivity contribution >= 4 is 3.21 Å². The van der Waals surface area contributed by atoms with Gasteiger partial charge in [-0.15, -0.1) is 23.8 Å². The minimum Gasteiger partial charge on any atom is -1.00 e. The summed E-state index contributed by atoms with van der Waals surface area (Å²) in [5.41, 5.74) is 1.34. The molecule has 6 aliphatic rings. The second-order valence-corrected chi connectivity index (χ2v) is 18.5. The van der Waals surface area contributed by atoms with Crippen LogP contribution in [-0.2, 0) is 36.6 Å². The van der Waals surface area contributed by atoms with Crippen LogP contribution < -0.4 is 24.8 Å². The molecule has 2 saturated carbocycles. The van der Waals surface area contributed by atoms with Crippen molar-refractivity contribution in [3.8, 4) is 0 Å². The fraction of sp³-hybridized carbons (Fsp3) is 0.388. The molecule has 2 fully saturated rings. The van der Waals surface area contributed by atoms with Gasteiger partial charge in [0.1, 0.15) is 0 Å². The molecule has 0 amide bonds. The van der Waals surface area contributed by atoms with Crippen LogP contribution in [-0.4, -0.2) is 3.21 Å². The Bertz CT molecular complexity index is 2050. The van der Waals surface area contributed by atoms with Gasteiger partial charge in [0.25, 0.3) is 0 Å². The number of fused-ring (bicyclic) bond motifs is 8. The number of benzene rings is 2. The maximum atomic E-state index is 12.5. The molecule has 0 heterocycles. The molecule has 0 N–H and O–H groups in total. The van der Waals surface area contributed by atoms with Gasteiger partial charge in [0.2, 0.25) is 0 Å². The minimum absolute atomic E-state index is 0. The summed E-state index contributed by atoms with van der Waals surface area (Å²) in [6.07, 6.45) is 30.4. The largest absolute Gasteiger partial charge is 1.00 e. The summed E-state index contributed by atoms with van der Waals surface area (Å²) in [7, 11) is 0.